The summed E-state index contributed by atoms with van der Waals surface area (Å²) in [4.78, 5) is 27.1. The van der Waals surface area contributed by atoms with Gasteiger partial charge in [0.15, 0.2) is 0 Å². The van der Waals surface area contributed by atoms with Crippen molar-refractivity contribution in [3.05, 3.63) is 53.4 Å². The van der Waals surface area contributed by atoms with Crippen LogP contribution in [0.4, 0.5) is 5.82 Å². The fourth-order valence-electron chi connectivity index (χ4n) is 4.49. The average Bonchev–Trinajstić information content (AvgIpc) is 3.29. The maximum Gasteiger partial charge on any atom is 0.221 e. The molecule has 1 saturated heterocycles. The molecule has 3 aromatic rings. The van der Waals surface area contributed by atoms with Crippen molar-refractivity contribution in [2.75, 3.05) is 31.1 Å². The molecule has 4 rings (SSSR count). The number of nitrogens with two attached hydrogens (primary N) is 1. The highest BCUT2D eigenvalue weighted by Crippen LogP contribution is 2.37. The van der Waals surface area contributed by atoms with Gasteiger partial charge in [-0.3, -0.25) is 4.79 Å². The van der Waals surface area contributed by atoms with Crippen molar-refractivity contribution in [2.24, 2.45) is 11.1 Å². The van der Waals surface area contributed by atoms with Crippen LogP contribution in [-0.2, 0) is 4.79 Å². The van der Waals surface area contributed by atoms with Crippen LogP contribution in [0.1, 0.15) is 37.3 Å². The van der Waals surface area contributed by atoms with E-state index in [-0.39, 0.29) is 24.0 Å². The van der Waals surface area contributed by atoms with Crippen molar-refractivity contribution in [3.63, 3.8) is 0 Å². The van der Waals surface area contributed by atoms with Gasteiger partial charge in [0.25, 0.3) is 0 Å². The first-order chi connectivity index (χ1) is 15.5. The molecule has 1 amide bonds. The number of H-pyrrole nitrogens is 1. The summed E-state index contributed by atoms with van der Waals surface area (Å²) < 4.78 is 0. The predicted octanol–water partition coefficient (Wildman–Crippen LogP) is 2.79. The zero-order valence-corrected chi connectivity index (χ0v) is 18.7. The van der Waals surface area contributed by atoms with Crippen molar-refractivity contribution in [2.45, 2.75) is 31.7 Å². The van der Waals surface area contributed by atoms with E-state index in [9.17, 15) is 9.90 Å². The third-order valence-electron chi connectivity index (χ3n) is 6.45. The van der Waals surface area contributed by atoms with E-state index >= 15 is 0 Å². The molecular weight excluding hydrogens is 428 g/mol. The minimum atomic E-state index is -0.262. The van der Waals surface area contributed by atoms with E-state index in [4.69, 9.17) is 17.3 Å². The number of rotatable bonds is 8. The van der Waals surface area contributed by atoms with Crippen LogP contribution in [0, 0.1) is 5.41 Å². The van der Waals surface area contributed by atoms with Crippen LogP contribution < -0.4 is 16.0 Å². The van der Waals surface area contributed by atoms with Gasteiger partial charge in [-0.25, -0.2) is 9.97 Å². The topological polar surface area (TPSA) is 120 Å². The number of aromatic amines is 1. The van der Waals surface area contributed by atoms with Crippen molar-refractivity contribution in [1.82, 2.24) is 20.3 Å². The van der Waals surface area contributed by atoms with Gasteiger partial charge in [0.05, 0.1) is 11.4 Å². The lowest BCUT2D eigenvalue weighted by atomic mass is 9.75. The molecular formula is C23H29ClN6O2. The van der Waals surface area contributed by atoms with Crippen LogP contribution in [0.25, 0.3) is 11.0 Å². The summed E-state index contributed by atoms with van der Waals surface area (Å²) in [6.07, 6.45) is 5.85. The second-order valence-electron chi connectivity index (χ2n) is 8.49. The SMILES string of the molecule is NCC1(CC(=O)NC(CCO)c2ccc(Cl)cc2)CCN(c2ncnc3[nH]ccc23)CC1. The lowest BCUT2D eigenvalue weighted by molar-refractivity contribution is -0.124. The van der Waals surface area contributed by atoms with E-state index in [1.807, 2.05) is 24.4 Å². The Hall–Kier alpha value is -2.68. The Kier molecular flexibility index (Phi) is 6.93. The first-order valence-corrected chi connectivity index (χ1v) is 11.3. The fourth-order valence-corrected chi connectivity index (χ4v) is 4.61. The standard InChI is InChI=1S/C23H29ClN6O2/c24-17-3-1-16(2-4-17)19(6-12-31)29-20(32)13-23(14-25)7-10-30(11-8-23)22-18-5-9-26-21(18)27-15-28-22/h1-5,9,15,19,31H,6-8,10-14,25H2,(H,29,32)(H,26,27,28). The lowest BCUT2D eigenvalue weighted by Gasteiger charge is -2.41. The van der Waals surface area contributed by atoms with Gasteiger partial charge in [0.2, 0.25) is 5.91 Å². The normalized spacial score (nSPS) is 16.8. The van der Waals surface area contributed by atoms with Crippen molar-refractivity contribution < 1.29 is 9.90 Å². The molecule has 5 N–H and O–H groups in total. The number of piperidine rings is 1. The molecule has 1 atom stereocenters. The van der Waals surface area contributed by atoms with Gasteiger partial charge < -0.3 is 26.0 Å². The summed E-state index contributed by atoms with van der Waals surface area (Å²) in [7, 11) is 0. The number of nitrogens with zero attached hydrogens (tertiary/aromatic N) is 3. The van der Waals surface area contributed by atoms with Crippen LogP contribution in [0.15, 0.2) is 42.9 Å². The van der Waals surface area contributed by atoms with E-state index in [2.05, 4.69) is 25.2 Å². The van der Waals surface area contributed by atoms with Crippen LogP contribution in [0.3, 0.4) is 0 Å². The molecule has 0 saturated carbocycles. The Labute approximate surface area is 192 Å². The molecule has 0 spiro atoms. The first-order valence-electron chi connectivity index (χ1n) is 10.9. The van der Waals surface area contributed by atoms with E-state index in [1.54, 1.807) is 18.5 Å². The zero-order valence-electron chi connectivity index (χ0n) is 17.9. The summed E-state index contributed by atoms with van der Waals surface area (Å²) in [5.41, 5.74) is 7.67. The molecule has 1 unspecified atom stereocenters. The average molecular weight is 457 g/mol. The maximum absolute atomic E-state index is 13.0. The molecule has 0 bridgehead atoms. The highest BCUT2D eigenvalue weighted by Gasteiger charge is 2.36. The molecule has 170 valence electrons. The second-order valence-corrected chi connectivity index (χ2v) is 8.93. The van der Waals surface area contributed by atoms with Gasteiger partial charge in [-0.15, -0.1) is 0 Å². The number of aliphatic hydroxyl groups excluding tert-OH is 1. The number of nitrogens with one attached hydrogen (secondary N) is 2. The van der Waals surface area contributed by atoms with E-state index in [0.29, 0.717) is 24.4 Å². The molecule has 1 aliphatic rings. The monoisotopic (exact) mass is 456 g/mol. The molecule has 0 aliphatic carbocycles. The predicted molar refractivity (Wildman–Crippen MR) is 125 cm³/mol. The van der Waals surface area contributed by atoms with Crippen LogP contribution >= 0.6 is 11.6 Å². The highest BCUT2D eigenvalue weighted by atomic mass is 35.5. The Bertz CT molecular complexity index is 1050. The van der Waals surface area contributed by atoms with Crippen molar-refractivity contribution >= 4 is 34.4 Å². The zero-order chi connectivity index (χ0) is 22.6. The van der Waals surface area contributed by atoms with Crippen LogP contribution in [-0.4, -0.2) is 52.2 Å². The number of fused-ring (bicyclic) bond motifs is 1. The quantitative estimate of drug-likeness (QED) is 0.413. The molecule has 3 heterocycles. The third kappa shape index (κ3) is 4.87. The number of hydrogen-bond acceptors (Lipinski definition) is 6. The van der Waals surface area contributed by atoms with Gasteiger partial charge >= 0.3 is 0 Å². The number of aromatic nitrogens is 3. The number of amides is 1. The summed E-state index contributed by atoms with van der Waals surface area (Å²) in [5.74, 6) is 0.865. The summed E-state index contributed by atoms with van der Waals surface area (Å²) in [5, 5.41) is 14.2. The van der Waals surface area contributed by atoms with Gasteiger partial charge in [-0.1, -0.05) is 23.7 Å². The molecule has 1 aliphatic heterocycles. The van der Waals surface area contributed by atoms with Gasteiger partial charge in [0.1, 0.15) is 17.8 Å². The van der Waals surface area contributed by atoms with E-state index < -0.39 is 0 Å². The summed E-state index contributed by atoms with van der Waals surface area (Å²) >= 11 is 5.98. The smallest absolute Gasteiger partial charge is 0.221 e. The number of anilines is 1. The number of carbonyl (C=O) groups is 1. The molecule has 0 radical (unpaired) electrons. The van der Waals surface area contributed by atoms with E-state index in [0.717, 1.165) is 48.3 Å². The Morgan fingerprint density at radius 3 is 2.69 bits per heavy atom. The van der Waals surface area contributed by atoms with E-state index in [1.165, 1.54) is 0 Å². The maximum atomic E-state index is 13.0. The second kappa shape index (κ2) is 9.85. The number of benzene rings is 1. The Balaban J connectivity index is 1.40. The van der Waals surface area contributed by atoms with Gasteiger partial charge in [-0.05, 0) is 55.0 Å². The Morgan fingerprint density at radius 2 is 2.00 bits per heavy atom. The van der Waals surface area contributed by atoms with Crippen molar-refractivity contribution in [1.29, 1.82) is 0 Å². The van der Waals surface area contributed by atoms with Crippen molar-refractivity contribution in [3.8, 4) is 0 Å². The number of hydrogen-bond donors (Lipinski definition) is 4. The minimum absolute atomic E-state index is 0.0167. The number of aliphatic hydroxyl groups is 1. The van der Waals surface area contributed by atoms with Gasteiger partial charge in [0, 0.05) is 37.3 Å². The minimum Gasteiger partial charge on any atom is -0.396 e. The lowest BCUT2D eigenvalue weighted by Crippen LogP contribution is -2.47. The molecule has 2 aromatic heterocycles. The fraction of sp³-hybridized carbons (Fsp3) is 0.435. The largest absolute Gasteiger partial charge is 0.396 e. The van der Waals surface area contributed by atoms with Crippen LogP contribution in [0.5, 0.6) is 0 Å². The molecule has 32 heavy (non-hydrogen) atoms. The first kappa shape index (κ1) is 22.5. The summed E-state index contributed by atoms with van der Waals surface area (Å²) in [6.45, 7) is 1.98. The molecule has 9 heteroatoms. The molecule has 8 nitrogen and oxygen atoms in total. The summed E-state index contributed by atoms with van der Waals surface area (Å²) in [6, 6.07) is 9.06. The Morgan fingerprint density at radius 1 is 1.25 bits per heavy atom. The van der Waals surface area contributed by atoms with Gasteiger partial charge in [-0.2, -0.15) is 0 Å². The molecule has 1 aromatic carbocycles. The third-order valence-corrected chi connectivity index (χ3v) is 6.70. The van der Waals surface area contributed by atoms with Crippen LogP contribution in [0.2, 0.25) is 5.02 Å². The number of halogens is 1. The highest BCUT2D eigenvalue weighted by molar-refractivity contribution is 6.30. The molecule has 1 fully saturated rings. The number of carbonyl (C=O) groups excluding carboxylic acids is 1.